The number of carbonyl (C=O) groups is 2. The van der Waals surface area contributed by atoms with Gasteiger partial charge in [0.2, 0.25) is 18.6 Å². The van der Waals surface area contributed by atoms with Crippen LogP contribution in [0.25, 0.3) is 0 Å². The Morgan fingerprint density at radius 2 is 2.08 bits per heavy atom. The Bertz CT molecular complexity index is 735. The average Bonchev–Trinajstić information content (AvgIpc) is 3.18. The average molecular weight is 370 g/mol. The van der Waals surface area contributed by atoms with Gasteiger partial charge in [-0.3, -0.25) is 9.59 Å². The minimum Gasteiger partial charge on any atom is -0.454 e. The Labute approximate surface area is 147 Å². The molecule has 2 amide bonds. The van der Waals surface area contributed by atoms with Crippen LogP contribution >= 0.6 is 0 Å². The summed E-state index contributed by atoms with van der Waals surface area (Å²) in [4.78, 5) is 26.8. The predicted molar refractivity (Wildman–Crippen MR) is 85.9 cm³/mol. The molecule has 0 aliphatic carbocycles. The number of rotatable bonds is 5. The standard InChI is InChI=1S/C17H17F3N2O4/c1-2-5-21(9-17(18,19)20)16(24)11-6-15(23)22(8-11)12-3-4-13-14(7-12)26-10-25-13/h2-4,7,11H,1,5-6,8-10H2. The van der Waals surface area contributed by atoms with Crippen LogP contribution in [0.2, 0.25) is 0 Å². The summed E-state index contributed by atoms with van der Waals surface area (Å²) in [6, 6.07) is 4.91. The summed E-state index contributed by atoms with van der Waals surface area (Å²) in [5.41, 5.74) is 0.514. The minimum atomic E-state index is -4.52. The number of amides is 2. The zero-order chi connectivity index (χ0) is 18.9. The highest BCUT2D eigenvalue weighted by molar-refractivity contribution is 6.00. The van der Waals surface area contributed by atoms with Gasteiger partial charge in [-0.05, 0) is 12.1 Å². The molecular formula is C17H17F3N2O4. The fourth-order valence-corrected chi connectivity index (χ4v) is 3.04. The van der Waals surface area contributed by atoms with Crippen LogP contribution in [-0.2, 0) is 9.59 Å². The topological polar surface area (TPSA) is 59.1 Å². The summed E-state index contributed by atoms with van der Waals surface area (Å²) in [5.74, 6) is -0.840. The molecule has 2 heterocycles. The number of hydrogen-bond acceptors (Lipinski definition) is 4. The molecule has 1 aromatic carbocycles. The van der Waals surface area contributed by atoms with Crippen LogP contribution in [-0.4, -0.2) is 49.3 Å². The van der Waals surface area contributed by atoms with E-state index in [0.717, 1.165) is 0 Å². The van der Waals surface area contributed by atoms with E-state index < -0.39 is 24.5 Å². The molecule has 0 saturated carbocycles. The molecule has 1 saturated heterocycles. The number of fused-ring (bicyclic) bond motifs is 1. The van der Waals surface area contributed by atoms with Gasteiger partial charge in [-0.25, -0.2) is 0 Å². The van der Waals surface area contributed by atoms with Crippen LogP contribution in [0.1, 0.15) is 6.42 Å². The smallest absolute Gasteiger partial charge is 0.406 e. The van der Waals surface area contributed by atoms with Crippen molar-refractivity contribution in [1.82, 2.24) is 4.90 Å². The lowest BCUT2D eigenvalue weighted by atomic mass is 10.1. The van der Waals surface area contributed by atoms with Crippen molar-refractivity contribution in [1.29, 1.82) is 0 Å². The van der Waals surface area contributed by atoms with Gasteiger partial charge in [0.15, 0.2) is 11.5 Å². The van der Waals surface area contributed by atoms with E-state index in [0.29, 0.717) is 22.1 Å². The molecule has 0 radical (unpaired) electrons. The fraction of sp³-hybridized carbons (Fsp3) is 0.412. The molecule has 26 heavy (non-hydrogen) atoms. The molecule has 9 heteroatoms. The number of nitrogens with zero attached hydrogens (tertiary/aromatic N) is 2. The molecule has 1 atom stereocenters. The van der Waals surface area contributed by atoms with Gasteiger partial charge in [-0.2, -0.15) is 13.2 Å². The number of carbonyl (C=O) groups excluding carboxylic acids is 2. The zero-order valence-electron chi connectivity index (χ0n) is 13.8. The number of anilines is 1. The van der Waals surface area contributed by atoms with Gasteiger partial charge in [-0.15, -0.1) is 6.58 Å². The number of alkyl halides is 3. The molecule has 0 aromatic heterocycles. The van der Waals surface area contributed by atoms with Gasteiger partial charge >= 0.3 is 6.18 Å². The lowest BCUT2D eigenvalue weighted by molar-refractivity contribution is -0.162. The summed E-state index contributed by atoms with van der Waals surface area (Å²) in [7, 11) is 0. The van der Waals surface area contributed by atoms with E-state index >= 15 is 0 Å². The third-order valence-corrected chi connectivity index (χ3v) is 4.17. The molecule has 0 N–H and O–H groups in total. The summed E-state index contributed by atoms with van der Waals surface area (Å²) < 4.78 is 48.5. The van der Waals surface area contributed by atoms with E-state index in [-0.39, 0.29) is 32.2 Å². The summed E-state index contributed by atoms with van der Waals surface area (Å²) >= 11 is 0. The fourth-order valence-electron chi connectivity index (χ4n) is 3.04. The normalized spacial score (nSPS) is 19.0. The van der Waals surface area contributed by atoms with E-state index in [9.17, 15) is 22.8 Å². The Hall–Kier alpha value is -2.71. The van der Waals surface area contributed by atoms with Crippen LogP contribution in [0.15, 0.2) is 30.9 Å². The Balaban J connectivity index is 1.73. The maximum Gasteiger partial charge on any atom is 0.406 e. The van der Waals surface area contributed by atoms with Crippen molar-refractivity contribution in [3.8, 4) is 11.5 Å². The van der Waals surface area contributed by atoms with Crippen molar-refractivity contribution in [3.63, 3.8) is 0 Å². The summed E-state index contributed by atoms with van der Waals surface area (Å²) in [6.07, 6.45) is -3.42. The Morgan fingerprint density at radius 1 is 1.35 bits per heavy atom. The molecular weight excluding hydrogens is 353 g/mol. The molecule has 6 nitrogen and oxygen atoms in total. The van der Waals surface area contributed by atoms with Gasteiger partial charge in [0.1, 0.15) is 6.54 Å². The molecule has 3 rings (SSSR count). The number of halogens is 3. The van der Waals surface area contributed by atoms with Crippen molar-refractivity contribution in [2.45, 2.75) is 12.6 Å². The first-order valence-corrected chi connectivity index (χ1v) is 7.95. The summed E-state index contributed by atoms with van der Waals surface area (Å²) in [5, 5.41) is 0. The predicted octanol–water partition coefficient (Wildman–Crippen LogP) is 2.35. The molecule has 2 aliphatic rings. The van der Waals surface area contributed by atoms with Crippen molar-refractivity contribution in [3.05, 3.63) is 30.9 Å². The summed E-state index contributed by atoms with van der Waals surface area (Å²) in [6.45, 7) is 1.89. The molecule has 2 aliphatic heterocycles. The molecule has 140 valence electrons. The van der Waals surface area contributed by atoms with Crippen molar-refractivity contribution in [2.75, 3.05) is 31.3 Å². The lowest BCUT2D eigenvalue weighted by Gasteiger charge is -2.25. The Kier molecular flexibility index (Phi) is 4.80. The van der Waals surface area contributed by atoms with E-state index in [2.05, 4.69) is 6.58 Å². The third-order valence-electron chi connectivity index (χ3n) is 4.17. The van der Waals surface area contributed by atoms with Gasteiger partial charge in [0, 0.05) is 31.3 Å². The van der Waals surface area contributed by atoms with Crippen LogP contribution in [0.3, 0.4) is 0 Å². The highest BCUT2D eigenvalue weighted by Gasteiger charge is 2.40. The number of benzene rings is 1. The highest BCUT2D eigenvalue weighted by atomic mass is 19.4. The van der Waals surface area contributed by atoms with E-state index in [4.69, 9.17) is 9.47 Å². The molecule has 0 bridgehead atoms. The third kappa shape index (κ3) is 3.76. The van der Waals surface area contributed by atoms with E-state index in [1.807, 2.05) is 0 Å². The van der Waals surface area contributed by atoms with Crippen molar-refractivity contribution >= 4 is 17.5 Å². The molecule has 1 aromatic rings. The Morgan fingerprint density at radius 3 is 2.77 bits per heavy atom. The van der Waals surface area contributed by atoms with Gasteiger partial charge in [0.05, 0.1) is 5.92 Å². The second-order valence-corrected chi connectivity index (χ2v) is 6.07. The first-order valence-electron chi connectivity index (χ1n) is 7.95. The van der Waals surface area contributed by atoms with Gasteiger partial charge in [-0.1, -0.05) is 6.08 Å². The van der Waals surface area contributed by atoms with Crippen molar-refractivity contribution < 1.29 is 32.2 Å². The van der Waals surface area contributed by atoms with E-state index in [1.54, 1.807) is 18.2 Å². The largest absolute Gasteiger partial charge is 0.454 e. The first kappa shape index (κ1) is 18.1. The highest BCUT2D eigenvalue weighted by Crippen LogP contribution is 2.37. The number of hydrogen-bond donors (Lipinski definition) is 0. The zero-order valence-corrected chi connectivity index (χ0v) is 13.8. The molecule has 0 spiro atoms. The maximum atomic E-state index is 12.7. The van der Waals surface area contributed by atoms with Crippen LogP contribution in [0, 0.1) is 5.92 Å². The van der Waals surface area contributed by atoms with Crippen molar-refractivity contribution in [2.24, 2.45) is 5.92 Å². The first-order chi connectivity index (χ1) is 12.3. The van der Waals surface area contributed by atoms with Crippen LogP contribution in [0.5, 0.6) is 11.5 Å². The monoisotopic (exact) mass is 370 g/mol. The maximum absolute atomic E-state index is 12.7. The van der Waals surface area contributed by atoms with Crippen LogP contribution in [0.4, 0.5) is 18.9 Å². The van der Waals surface area contributed by atoms with Gasteiger partial charge < -0.3 is 19.3 Å². The van der Waals surface area contributed by atoms with E-state index in [1.165, 1.54) is 11.0 Å². The minimum absolute atomic E-state index is 0.0167. The SMILES string of the molecule is C=CCN(CC(F)(F)F)C(=O)C1CC(=O)N(c2ccc3c(c2)OCO3)C1. The lowest BCUT2D eigenvalue weighted by Crippen LogP contribution is -2.43. The van der Waals surface area contributed by atoms with Gasteiger partial charge in [0.25, 0.3) is 0 Å². The molecule has 1 unspecified atom stereocenters. The molecule has 1 fully saturated rings. The van der Waals surface area contributed by atoms with Crippen LogP contribution < -0.4 is 14.4 Å². The second kappa shape index (κ2) is 6.89. The quantitative estimate of drug-likeness (QED) is 0.747. The second-order valence-electron chi connectivity index (χ2n) is 6.07. The number of ether oxygens (including phenoxy) is 2.